The maximum atomic E-state index is 5.90. The molecule has 1 aromatic carbocycles. The van der Waals surface area contributed by atoms with Gasteiger partial charge in [0, 0.05) is 24.9 Å². The van der Waals surface area contributed by atoms with Crippen molar-refractivity contribution in [1.29, 1.82) is 0 Å². The van der Waals surface area contributed by atoms with Crippen molar-refractivity contribution in [3.8, 4) is 5.75 Å². The van der Waals surface area contributed by atoms with E-state index in [1.807, 2.05) is 24.3 Å². The molecule has 0 amide bonds. The first-order chi connectivity index (χ1) is 9.35. The summed E-state index contributed by atoms with van der Waals surface area (Å²) in [6, 6.07) is 12.2. The maximum Gasteiger partial charge on any atom is 0.119 e. The van der Waals surface area contributed by atoms with Crippen molar-refractivity contribution in [3.05, 3.63) is 59.9 Å². The lowest BCUT2D eigenvalue weighted by Crippen LogP contribution is -2.13. The van der Waals surface area contributed by atoms with Crippen LogP contribution in [0.25, 0.3) is 0 Å². The first kappa shape index (κ1) is 13.6. The van der Waals surface area contributed by atoms with Gasteiger partial charge in [0.15, 0.2) is 0 Å². The second-order valence-electron chi connectivity index (χ2n) is 4.49. The Kier molecular flexibility index (Phi) is 4.93. The summed E-state index contributed by atoms with van der Waals surface area (Å²) in [6.45, 7) is 3.44. The Labute approximate surface area is 114 Å². The van der Waals surface area contributed by atoms with E-state index in [0.717, 1.165) is 18.8 Å². The van der Waals surface area contributed by atoms with Gasteiger partial charge in [0.1, 0.15) is 5.75 Å². The number of nitrogens with two attached hydrogens (primary N) is 1. The Morgan fingerprint density at radius 3 is 2.26 bits per heavy atom. The fourth-order valence-electron chi connectivity index (χ4n) is 2.08. The monoisotopic (exact) mass is 256 g/mol. The molecule has 19 heavy (non-hydrogen) atoms. The molecule has 0 aliphatic carbocycles. The van der Waals surface area contributed by atoms with Crippen molar-refractivity contribution < 1.29 is 4.74 Å². The molecule has 0 saturated heterocycles. The summed E-state index contributed by atoms with van der Waals surface area (Å²) < 4.78 is 5.59. The highest BCUT2D eigenvalue weighted by Crippen LogP contribution is 2.25. The van der Waals surface area contributed by atoms with Gasteiger partial charge in [0.05, 0.1) is 6.61 Å². The fraction of sp³-hybridized carbons (Fsp3) is 0.312. The number of ether oxygens (including phenoxy) is 1. The van der Waals surface area contributed by atoms with E-state index in [4.69, 9.17) is 10.5 Å². The zero-order chi connectivity index (χ0) is 13.5. The molecule has 100 valence electrons. The maximum absolute atomic E-state index is 5.90. The van der Waals surface area contributed by atoms with E-state index in [1.54, 1.807) is 12.4 Å². The lowest BCUT2D eigenvalue weighted by molar-refractivity contribution is 0.317. The van der Waals surface area contributed by atoms with E-state index in [1.165, 1.54) is 11.1 Å². The normalized spacial score (nSPS) is 12.1. The summed E-state index contributed by atoms with van der Waals surface area (Å²) >= 11 is 0. The van der Waals surface area contributed by atoms with Crippen molar-refractivity contribution >= 4 is 0 Å². The largest absolute Gasteiger partial charge is 0.494 e. The molecule has 2 aromatic rings. The van der Waals surface area contributed by atoms with E-state index in [0.29, 0.717) is 6.54 Å². The summed E-state index contributed by atoms with van der Waals surface area (Å²) in [5, 5.41) is 0. The minimum Gasteiger partial charge on any atom is -0.494 e. The van der Waals surface area contributed by atoms with Crippen molar-refractivity contribution in [1.82, 2.24) is 4.98 Å². The molecule has 0 aliphatic heterocycles. The van der Waals surface area contributed by atoms with Gasteiger partial charge < -0.3 is 10.5 Å². The number of benzene rings is 1. The zero-order valence-electron chi connectivity index (χ0n) is 11.3. The first-order valence-electron chi connectivity index (χ1n) is 6.68. The number of aromatic nitrogens is 1. The van der Waals surface area contributed by atoms with Crippen molar-refractivity contribution in [3.63, 3.8) is 0 Å². The van der Waals surface area contributed by atoms with Crippen molar-refractivity contribution in [2.45, 2.75) is 19.3 Å². The molecule has 2 N–H and O–H groups in total. The molecule has 0 radical (unpaired) electrons. The minimum absolute atomic E-state index is 0.211. The van der Waals surface area contributed by atoms with Crippen LogP contribution in [0.5, 0.6) is 5.75 Å². The Morgan fingerprint density at radius 1 is 1.05 bits per heavy atom. The Balaban J connectivity index is 2.15. The summed E-state index contributed by atoms with van der Waals surface area (Å²) in [6.07, 6.45) is 4.62. The molecule has 0 aliphatic rings. The lowest BCUT2D eigenvalue weighted by Gasteiger charge is -2.16. The van der Waals surface area contributed by atoms with Gasteiger partial charge in [-0.1, -0.05) is 19.1 Å². The fourth-order valence-corrected chi connectivity index (χ4v) is 2.08. The van der Waals surface area contributed by atoms with Gasteiger partial charge in [-0.25, -0.2) is 0 Å². The Hall–Kier alpha value is -1.87. The third-order valence-corrected chi connectivity index (χ3v) is 3.10. The number of hydrogen-bond acceptors (Lipinski definition) is 3. The number of hydrogen-bond donors (Lipinski definition) is 1. The second-order valence-corrected chi connectivity index (χ2v) is 4.49. The molecular formula is C16H20N2O. The van der Waals surface area contributed by atoms with Crippen LogP contribution in [0.1, 0.15) is 30.4 Å². The number of pyridine rings is 1. The molecule has 1 atom stereocenters. The van der Waals surface area contributed by atoms with E-state index in [9.17, 15) is 0 Å². The standard InChI is InChI=1S/C16H20N2O/c1-2-11-19-15-5-3-13(4-6-15)16(12-17)14-7-9-18-10-8-14/h3-10,16H,2,11-12,17H2,1H3. The highest BCUT2D eigenvalue weighted by atomic mass is 16.5. The molecule has 1 heterocycles. The van der Waals surface area contributed by atoms with Gasteiger partial charge in [-0.05, 0) is 41.8 Å². The quantitative estimate of drug-likeness (QED) is 0.864. The van der Waals surface area contributed by atoms with Gasteiger partial charge in [0.25, 0.3) is 0 Å². The molecular weight excluding hydrogens is 236 g/mol. The first-order valence-corrected chi connectivity index (χ1v) is 6.68. The SMILES string of the molecule is CCCOc1ccc(C(CN)c2ccncc2)cc1. The van der Waals surface area contributed by atoms with Crippen LogP contribution in [-0.2, 0) is 0 Å². The second kappa shape index (κ2) is 6.90. The number of nitrogens with zero attached hydrogens (tertiary/aromatic N) is 1. The van der Waals surface area contributed by atoms with E-state index in [2.05, 4.69) is 24.0 Å². The van der Waals surface area contributed by atoms with E-state index < -0.39 is 0 Å². The Morgan fingerprint density at radius 2 is 1.68 bits per heavy atom. The van der Waals surface area contributed by atoms with Crippen LogP contribution >= 0.6 is 0 Å². The van der Waals surface area contributed by atoms with E-state index in [-0.39, 0.29) is 5.92 Å². The topological polar surface area (TPSA) is 48.1 Å². The molecule has 0 spiro atoms. The summed E-state index contributed by atoms with van der Waals surface area (Å²) in [5.41, 5.74) is 8.30. The smallest absolute Gasteiger partial charge is 0.119 e. The molecule has 3 heteroatoms. The van der Waals surface area contributed by atoms with Gasteiger partial charge in [-0.2, -0.15) is 0 Å². The van der Waals surface area contributed by atoms with Crippen LogP contribution in [0.15, 0.2) is 48.8 Å². The van der Waals surface area contributed by atoms with Crippen molar-refractivity contribution in [2.75, 3.05) is 13.2 Å². The van der Waals surface area contributed by atoms with Crippen LogP contribution in [0, 0.1) is 0 Å². The minimum atomic E-state index is 0.211. The molecule has 1 unspecified atom stereocenters. The molecule has 0 bridgehead atoms. The highest BCUT2D eigenvalue weighted by molar-refractivity contribution is 5.35. The lowest BCUT2D eigenvalue weighted by atomic mass is 9.92. The summed E-state index contributed by atoms with van der Waals surface area (Å²) in [5.74, 6) is 1.12. The van der Waals surface area contributed by atoms with Crippen molar-refractivity contribution in [2.24, 2.45) is 5.73 Å². The van der Waals surface area contributed by atoms with Crippen LogP contribution < -0.4 is 10.5 Å². The molecule has 0 saturated carbocycles. The summed E-state index contributed by atoms with van der Waals surface area (Å²) in [7, 11) is 0. The van der Waals surface area contributed by atoms with Crippen LogP contribution in [0.2, 0.25) is 0 Å². The third kappa shape index (κ3) is 3.55. The highest BCUT2D eigenvalue weighted by Gasteiger charge is 2.12. The number of rotatable bonds is 6. The van der Waals surface area contributed by atoms with E-state index >= 15 is 0 Å². The molecule has 0 fully saturated rings. The molecule has 1 aromatic heterocycles. The van der Waals surface area contributed by atoms with Gasteiger partial charge in [-0.3, -0.25) is 4.98 Å². The molecule has 3 nitrogen and oxygen atoms in total. The predicted octanol–water partition coefficient (Wildman–Crippen LogP) is 2.96. The predicted molar refractivity (Wildman–Crippen MR) is 77.4 cm³/mol. The third-order valence-electron chi connectivity index (χ3n) is 3.10. The van der Waals surface area contributed by atoms with Gasteiger partial charge in [0.2, 0.25) is 0 Å². The van der Waals surface area contributed by atoms with Crippen LogP contribution in [0.4, 0.5) is 0 Å². The Bertz CT molecular complexity index is 482. The average molecular weight is 256 g/mol. The van der Waals surface area contributed by atoms with Crippen LogP contribution in [0.3, 0.4) is 0 Å². The molecule has 2 rings (SSSR count). The van der Waals surface area contributed by atoms with Gasteiger partial charge >= 0.3 is 0 Å². The average Bonchev–Trinajstić information content (AvgIpc) is 2.48. The zero-order valence-corrected chi connectivity index (χ0v) is 11.3. The summed E-state index contributed by atoms with van der Waals surface area (Å²) in [4.78, 5) is 4.04. The van der Waals surface area contributed by atoms with Gasteiger partial charge in [-0.15, -0.1) is 0 Å². The van der Waals surface area contributed by atoms with Crippen LogP contribution in [-0.4, -0.2) is 18.1 Å².